The van der Waals surface area contributed by atoms with E-state index in [9.17, 15) is 16.8 Å². The van der Waals surface area contributed by atoms with Gasteiger partial charge in [0.25, 0.3) is 0 Å². The molecule has 0 saturated carbocycles. The van der Waals surface area contributed by atoms with E-state index in [1.54, 1.807) is 36.4 Å². The van der Waals surface area contributed by atoms with Crippen molar-refractivity contribution in [2.24, 2.45) is 0 Å². The van der Waals surface area contributed by atoms with Crippen LogP contribution < -0.4 is 9.44 Å². The number of benzene rings is 4. The van der Waals surface area contributed by atoms with Crippen molar-refractivity contribution >= 4 is 66.5 Å². The Morgan fingerprint density at radius 3 is 1.19 bits per heavy atom. The molecule has 0 amide bonds. The lowest BCUT2D eigenvalue weighted by Crippen LogP contribution is -2.31. The number of nitrogens with zero attached hydrogens (tertiary/aromatic N) is 2. The molecule has 2 atom stereocenters. The third-order valence-electron chi connectivity index (χ3n) is 11.4. The number of fused-ring (bicyclic) bond motifs is 2. The number of hydrogen-bond acceptors (Lipinski definition) is 6. The molecular weight excluding hydrogens is 854 g/mol. The summed E-state index contributed by atoms with van der Waals surface area (Å²) in [4.78, 5) is 4.95. The molecule has 8 nitrogen and oxygen atoms in total. The van der Waals surface area contributed by atoms with Crippen molar-refractivity contribution in [2.75, 3.05) is 40.3 Å². The van der Waals surface area contributed by atoms with Gasteiger partial charge in [0.2, 0.25) is 20.0 Å². The Morgan fingerprint density at radius 1 is 0.517 bits per heavy atom. The second-order valence-electron chi connectivity index (χ2n) is 15.9. The van der Waals surface area contributed by atoms with Crippen molar-refractivity contribution in [1.82, 2.24) is 19.2 Å². The standard InChI is InChI=1S/C44H54Cl4N4O4S2/c1-51-27-39(37-23-33(45)25-43(47)41(37)29-51)31-13-17-35(18-14-31)57(53,54)49-21-11-9-7-5-3-4-6-8-10-12-22-50-58(55,56)36-19-15-32(16-20-36)40-28-52(2)30-42-38(40)24-34(46)26-44(42)48/h13-20,23-26,39-40,49-50H,3-12,21-22,27-30H2,1-2H3. The number of hydrogen-bond donors (Lipinski definition) is 2. The second-order valence-corrected chi connectivity index (χ2v) is 21.1. The molecule has 4 aromatic carbocycles. The van der Waals surface area contributed by atoms with Crippen LogP contribution in [0.3, 0.4) is 0 Å². The van der Waals surface area contributed by atoms with E-state index >= 15 is 0 Å². The maximum absolute atomic E-state index is 13.0. The molecule has 0 bridgehead atoms. The van der Waals surface area contributed by atoms with Crippen molar-refractivity contribution in [3.05, 3.63) is 126 Å². The van der Waals surface area contributed by atoms with Crippen LogP contribution in [-0.4, -0.2) is 66.9 Å². The third-order valence-corrected chi connectivity index (χ3v) is 15.4. The number of sulfonamides is 2. The summed E-state index contributed by atoms with van der Waals surface area (Å²) < 4.78 is 57.5. The number of nitrogens with one attached hydrogen (secondary N) is 2. The SMILES string of the molecule is CN1Cc2c(Cl)cc(Cl)cc2C(c2ccc(S(=O)(=O)NCCCCCCCCCCCCNS(=O)(=O)c3ccc(C4CN(C)Cc5c(Cl)cc(Cl)cc54)cc3)cc2)C1. The average Bonchev–Trinajstić information content (AvgIpc) is 3.18. The van der Waals surface area contributed by atoms with Crippen molar-refractivity contribution < 1.29 is 16.8 Å². The zero-order chi connectivity index (χ0) is 41.5. The minimum absolute atomic E-state index is 0.0522. The van der Waals surface area contributed by atoms with Gasteiger partial charge >= 0.3 is 0 Å². The van der Waals surface area contributed by atoms with Gasteiger partial charge in [-0.3, -0.25) is 0 Å². The first-order valence-corrected chi connectivity index (χ1v) is 24.7. The van der Waals surface area contributed by atoms with Gasteiger partial charge in [-0.15, -0.1) is 0 Å². The van der Waals surface area contributed by atoms with Crippen molar-refractivity contribution in [3.63, 3.8) is 0 Å². The molecule has 0 fully saturated rings. The normalized spacial score (nSPS) is 17.6. The largest absolute Gasteiger partial charge is 0.301 e. The summed E-state index contributed by atoms with van der Waals surface area (Å²) in [6, 6.07) is 21.8. The maximum Gasteiger partial charge on any atom is 0.240 e. The predicted octanol–water partition coefficient (Wildman–Crippen LogP) is 10.6. The summed E-state index contributed by atoms with van der Waals surface area (Å²) in [6.45, 7) is 3.91. The molecular formula is C44H54Cl4N4O4S2. The van der Waals surface area contributed by atoms with Gasteiger partial charge in [-0.1, -0.05) is 122 Å². The summed E-state index contributed by atoms with van der Waals surface area (Å²) in [7, 11) is -3.09. The lowest BCUT2D eigenvalue weighted by atomic mass is 9.85. The first kappa shape index (κ1) is 45.3. The van der Waals surface area contributed by atoms with Gasteiger partial charge in [-0.25, -0.2) is 26.3 Å². The Balaban J connectivity index is 0.817. The Bertz CT molecular complexity index is 2080. The van der Waals surface area contributed by atoms with Crippen LogP contribution in [0.4, 0.5) is 0 Å². The Kier molecular flexibility index (Phi) is 16.1. The van der Waals surface area contributed by atoms with Crippen LogP contribution in [0, 0.1) is 0 Å². The van der Waals surface area contributed by atoms with Gasteiger partial charge in [0, 0.05) is 71.2 Å². The quantitative estimate of drug-likeness (QED) is 0.0910. The van der Waals surface area contributed by atoms with Crippen LogP contribution in [0.1, 0.15) is 109 Å². The Hall–Kier alpha value is -2.22. The van der Waals surface area contributed by atoms with E-state index in [0.29, 0.717) is 33.2 Å². The summed E-state index contributed by atoms with van der Waals surface area (Å²) >= 11 is 25.7. The molecule has 0 aliphatic carbocycles. The van der Waals surface area contributed by atoms with Crippen LogP contribution in [0.5, 0.6) is 0 Å². The molecule has 0 radical (unpaired) electrons. The highest BCUT2D eigenvalue weighted by Crippen LogP contribution is 2.40. The molecule has 2 aliphatic heterocycles. The first-order chi connectivity index (χ1) is 27.7. The Morgan fingerprint density at radius 2 is 0.845 bits per heavy atom. The van der Waals surface area contributed by atoms with E-state index in [1.165, 1.54) is 0 Å². The zero-order valence-electron chi connectivity index (χ0n) is 33.3. The van der Waals surface area contributed by atoms with Gasteiger partial charge in [0.15, 0.2) is 0 Å². The smallest absolute Gasteiger partial charge is 0.240 e. The van der Waals surface area contributed by atoms with Gasteiger partial charge in [-0.05, 0) is 109 Å². The van der Waals surface area contributed by atoms with Crippen LogP contribution >= 0.6 is 46.4 Å². The molecule has 0 saturated heterocycles. The topological polar surface area (TPSA) is 98.8 Å². The molecule has 4 aromatic rings. The highest BCUT2D eigenvalue weighted by molar-refractivity contribution is 7.89. The Labute approximate surface area is 365 Å². The predicted molar refractivity (Wildman–Crippen MR) is 239 cm³/mol. The number of unbranched alkanes of at least 4 members (excludes halogenated alkanes) is 9. The van der Waals surface area contributed by atoms with Crippen molar-refractivity contribution in [1.29, 1.82) is 0 Å². The van der Waals surface area contributed by atoms with E-state index in [0.717, 1.165) is 124 Å². The fraction of sp³-hybridized carbons (Fsp3) is 0.455. The summed E-state index contributed by atoms with van der Waals surface area (Å²) in [5, 5.41) is 2.51. The lowest BCUT2D eigenvalue weighted by Gasteiger charge is -2.33. The van der Waals surface area contributed by atoms with Crippen LogP contribution in [0.2, 0.25) is 20.1 Å². The van der Waals surface area contributed by atoms with Crippen LogP contribution in [0.15, 0.2) is 82.6 Å². The van der Waals surface area contributed by atoms with E-state index in [-0.39, 0.29) is 21.6 Å². The number of rotatable bonds is 19. The molecule has 58 heavy (non-hydrogen) atoms. The fourth-order valence-electron chi connectivity index (χ4n) is 8.26. The highest BCUT2D eigenvalue weighted by Gasteiger charge is 2.29. The van der Waals surface area contributed by atoms with Crippen LogP contribution in [-0.2, 0) is 33.1 Å². The molecule has 0 aromatic heterocycles. The van der Waals surface area contributed by atoms with E-state index < -0.39 is 20.0 Å². The zero-order valence-corrected chi connectivity index (χ0v) is 37.9. The average molecular weight is 909 g/mol. The molecule has 0 spiro atoms. The second kappa shape index (κ2) is 20.6. The molecule has 14 heteroatoms. The van der Waals surface area contributed by atoms with Gasteiger partial charge in [-0.2, -0.15) is 0 Å². The molecule has 314 valence electrons. The van der Waals surface area contributed by atoms with Crippen LogP contribution in [0.25, 0.3) is 0 Å². The number of halogens is 4. The lowest BCUT2D eigenvalue weighted by molar-refractivity contribution is 0.295. The minimum Gasteiger partial charge on any atom is -0.301 e. The molecule has 2 heterocycles. The minimum atomic E-state index is -3.60. The maximum atomic E-state index is 13.0. The fourth-order valence-corrected chi connectivity index (χ4v) is 11.5. The molecule has 6 rings (SSSR count). The van der Waals surface area contributed by atoms with Crippen molar-refractivity contribution in [3.8, 4) is 0 Å². The molecule has 2 N–H and O–H groups in total. The van der Waals surface area contributed by atoms with Gasteiger partial charge in [0.05, 0.1) is 9.79 Å². The van der Waals surface area contributed by atoms with Gasteiger partial charge in [0.1, 0.15) is 0 Å². The van der Waals surface area contributed by atoms with Crippen molar-refractivity contribution in [2.45, 2.75) is 98.9 Å². The summed E-state index contributed by atoms with van der Waals surface area (Å²) in [5.41, 5.74) is 6.37. The van der Waals surface area contributed by atoms with E-state index in [2.05, 4.69) is 33.3 Å². The monoisotopic (exact) mass is 906 g/mol. The molecule has 2 aliphatic rings. The van der Waals surface area contributed by atoms with E-state index in [1.807, 2.05) is 36.4 Å². The van der Waals surface area contributed by atoms with Gasteiger partial charge < -0.3 is 9.80 Å². The highest BCUT2D eigenvalue weighted by atomic mass is 35.5. The molecule has 2 unspecified atom stereocenters. The third kappa shape index (κ3) is 11.8. The summed E-state index contributed by atoms with van der Waals surface area (Å²) in [5.74, 6) is 0.104. The first-order valence-electron chi connectivity index (χ1n) is 20.2. The van der Waals surface area contributed by atoms with E-state index in [4.69, 9.17) is 46.4 Å². The summed E-state index contributed by atoms with van der Waals surface area (Å²) in [6.07, 6.45) is 10.2. The number of likely N-dealkylation sites (N-methyl/N-ethyl adjacent to an activating group) is 2.